The van der Waals surface area contributed by atoms with Gasteiger partial charge in [0.05, 0.1) is 5.37 Å². The predicted octanol–water partition coefficient (Wildman–Crippen LogP) is 2.51. The van der Waals surface area contributed by atoms with Gasteiger partial charge >= 0.3 is 12.0 Å². The van der Waals surface area contributed by atoms with Gasteiger partial charge < -0.3 is 10.4 Å². The Bertz CT molecular complexity index is 421. The van der Waals surface area contributed by atoms with Gasteiger partial charge in [-0.25, -0.2) is 9.59 Å². The highest BCUT2D eigenvalue weighted by molar-refractivity contribution is 8.00. The second-order valence-corrected chi connectivity index (χ2v) is 7.75. The van der Waals surface area contributed by atoms with Crippen LogP contribution in [0.1, 0.15) is 45.4 Å². The maximum atomic E-state index is 12.6. The van der Waals surface area contributed by atoms with Gasteiger partial charge in [0.1, 0.15) is 6.04 Å². The van der Waals surface area contributed by atoms with Crippen LogP contribution in [0.5, 0.6) is 0 Å². The number of urea groups is 1. The van der Waals surface area contributed by atoms with Gasteiger partial charge in [0.15, 0.2) is 0 Å². The van der Waals surface area contributed by atoms with Gasteiger partial charge in [-0.1, -0.05) is 12.8 Å². The quantitative estimate of drug-likeness (QED) is 0.837. The monoisotopic (exact) mass is 312 g/mol. The molecule has 3 aliphatic rings. The summed E-state index contributed by atoms with van der Waals surface area (Å²) < 4.78 is 0. The van der Waals surface area contributed by atoms with E-state index in [0.717, 1.165) is 12.8 Å². The van der Waals surface area contributed by atoms with E-state index in [1.54, 1.807) is 16.7 Å². The summed E-state index contributed by atoms with van der Waals surface area (Å²) in [5.41, 5.74) is 0. The summed E-state index contributed by atoms with van der Waals surface area (Å²) in [5, 5.41) is 12.5. The topological polar surface area (TPSA) is 69.6 Å². The number of nitrogens with zero attached hydrogens (tertiary/aromatic N) is 1. The molecule has 1 aliphatic heterocycles. The predicted molar refractivity (Wildman–Crippen MR) is 82.2 cm³/mol. The summed E-state index contributed by atoms with van der Waals surface area (Å²) in [6, 6.07) is -0.708. The van der Waals surface area contributed by atoms with E-state index >= 15 is 0 Å². The molecule has 2 aliphatic carbocycles. The SMILES string of the molecule is CC(NC(=O)N1C(C(=O)O)CSC1C1CC1)C1CCCC1. The van der Waals surface area contributed by atoms with E-state index in [1.807, 2.05) is 0 Å². The number of thioether (sulfide) groups is 1. The molecule has 0 bridgehead atoms. The number of carboxylic acid groups (broad SMARTS) is 1. The maximum absolute atomic E-state index is 12.6. The highest BCUT2D eigenvalue weighted by atomic mass is 32.2. The zero-order chi connectivity index (χ0) is 15.0. The van der Waals surface area contributed by atoms with Crippen molar-refractivity contribution in [3.05, 3.63) is 0 Å². The summed E-state index contributed by atoms with van der Waals surface area (Å²) in [5.74, 6) is 0.676. The second kappa shape index (κ2) is 6.07. The van der Waals surface area contributed by atoms with Crippen molar-refractivity contribution in [3.8, 4) is 0 Å². The Hall–Kier alpha value is -0.910. The number of carboxylic acids is 1. The molecule has 0 spiro atoms. The van der Waals surface area contributed by atoms with Crippen LogP contribution in [0.4, 0.5) is 4.79 Å². The van der Waals surface area contributed by atoms with Gasteiger partial charge in [0, 0.05) is 11.8 Å². The molecule has 0 aromatic heterocycles. The first-order chi connectivity index (χ1) is 10.1. The van der Waals surface area contributed by atoms with E-state index < -0.39 is 12.0 Å². The van der Waals surface area contributed by atoms with Crippen LogP contribution in [-0.4, -0.2) is 45.2 Å². The third-order valence-electron chi connectivity index (χ3n) is 5.04. The Morgan fingerprint density at radius 2 is 1.90 bits per heavy atom. The van der Waals surface area contributed by atoms with Crippen LogP contribution in [0.15, 0.2) is 0 Å². The maximum Gasteiger partial charge on any atom is 0.327 e. The average Bonchev–Trinajstić information content (AvgIpc) is 2.98. The number of aliphatic carboxylic acids is 1. The molecule has 2 N–H and O–H groups in total. The lowest BCUT2D eigenvalue weighted by Crippen LogP contribution is -2.53. The van der Waals surface area contributed by atoms with Crippen molar-refractivity contribution in [2.45, 2.75) is 62.9 Å². The van der Waals surface area contributed by atoms with E-state index in [2.05, 4.69) is 12.2 Å². The van der Waals surface area contributed by atoms with Crippen LogP contribution >= 0.6 is 11.8 Å². The molecule has 3 unspecified atom stereocenters. The van der Waals surface area contributed by atoms with Crippen LogP contribution in [0.2, 0.25) is 0 Å². The summed E-state index contributed by atoms with van der Waals surface area (Å²) >= 11 is 1.63. The number of hydrogen-bond donors (Lipinski definition) is 2. The summed E-state index contributed by atoms with van der Waals surface area (Å²) in [6.45, 7) is 2.05. The number of hydrogen-bond acceptors (Lipinski definition) is 3. The van der Waals surface area contributed by atoms with Crippen molar-refractivity contribution < 1.29 is 14.7 Å². The van der Waals surface area contributed by atoms with Gasteiger partial charge in [-0.15, -0.1) is 11.8 Å². The summed E-state index contributed by atoms with van der Waals surface area (Å²) in [6.07, 6.45) is 7.06. The zero-order valence-electron chi connectivity index (χ0n) is 12.5. The van der Waals surface area contributed by atoms with Crippen molar-refractivity contribution in [1.82, 2.24) is 10.2 Å². The van der Waals surface area contributed by atoms with Crippen LogP contribution in [0.25, 0.3) is 0 Å². The van der Waals surface area contributed by atoms with Crippen LogP contribution in [0, 0.1) is 11.8 Å². The molecule has 0 aromatic rings. The Kier molecular flexibility index (Phi) is 4.33. The lowest BCUT2D eigenvalue weighted by Gasteiger charge is -2.30. The molecule has 0 radical (unpaired) electrons. The van der Waals surface area contributed by atoms with Crippen molar-refractivity contribution in [2.75, 3.05) is 5.75 Å². The number of rotatable bonds is 4. The molecular formula is C15H24N2O3S. The summed E-state index contributed by atoms with van der Waals surface area (Å²) in [4.78, 5) is 25.6. The molecule has 3 atom stereocenters. The molecule has 2 amide bonds. The normalized spacial score (nSPS) is 31.4. The zero-order valence-corrected chi connectivity index (χ0v) is 13.3. The molecule has 1 saturated heterocycles. The Labute approximate surface area is 129 Å². The van der Waals surface area contributed by atoms with Gasteiger partial charge in [0.2, 0.25) is 0 Å². The minimum Gasteiger partial charge on any atom is -0.480 e. The number of nitrogens with one attached hydrogen (secondary N) is 1. The molecule has 0 aromatic carbocycles. The summed E-state index contributed by atoms with van der Waals surface area (Å²) in [7, 11) is 0. The van der Waals surface area contributed by atoms with E-state index in [-0.39, 0.29) is 17.4 Å². The van der Waals surface area contributed by atoms with Gasteiger partial charge in [-0.3, -0.25) is 4.90 Å². The Balaban J connectivity index is 1.65. The van der Waals surface area contributed by atoms with Crippen molar-refractivity contribution in [2.24, 2.45) is 11.8 Å². The van der Waals surface area contributed by atoms with E-state index in [0.29, 0.717) is 17.6 Å². The van der Waals surface area contributed by atoms with Crippen molar-refractivity contribution in [3.63, 3.8) is 0 Å². The second-order valence-electron chi connectivity index (χ2n) is 6.61. The minimum atomic E-state index is -0.880. The first-order valence-electron chi connectivity index (χ1n) is 8.01. The largest absolute Gasteiger partial charge is 0.480 e. The fourth-order valence-corrected chi connectivity index (χ4v) is 5.19. The van der Waals surface area contributed by atoms with Gasteiger partial charge in [-0.05, 0) is 44.4 Å². The van der Waals surface area contributed by atoms with Crippen LogP contribution in [0.3, 0.4) is 0 Å². The molecule has 3 fully saturated rings. The Morgan fingerprint density at radius 3 is 2.48 bits per heavy atom. The van der Waals surface area contributed by atoms with Crippen LogP contribution < -0.4 is 5.32 Å². The first kappa shape index (κ1) is 15.0. The molecule has 3 rings (SSSR count). The third kappa shape index (κ3) is 3.15. The van der Waals surface area contributed by atoms with E-state index in [1.165, 1.54) is 25.7 Å². The number of carbonyl (C=O) groups excluding carboxylic acids is 1. The fraction of sp³-hybridized carbons (Fsp3) is 0.867. The average molecular weight is 312 g/mol. The minimum absolute atomic E-state index is 0.0573. The van der Waals surface area contributed by atoms with E-state index in [9.17, 15) is 14.7 Å². The van der Waals surface area contributed by atoms with Gasteiger partial charge in [0.25, 0.3) is 0 Å². The van der Waals surface area contributed by atoms with Crippen molar-refractivity contribution in [1.29, 1.82) is 0 Å². The molecule has 6 heteroatoms. The van der Waals surface area contributed by atoms with Crippen LogP contribution in [-0.2, 0) is 4.79 Å². The molecule has 2 saturated carbocycles. The van der Waals surface area contributed by atoms with Gasteiger partial charge in [-0.2, -0.15) is 0 Å². The standard InChI is InChI=1S/C15H24N2O3S/c1-9(10-4-2-3-5-10)16-15(20)17-12(14(18)19)8-21-13(17)11-6-7-11/h9-13H,2-8H2,1H3,(H,16,20)(H,18,19). The van der Waals surface area contributed by atoms with E-state index in [4.69, 9.17) is 0 Å². The Morgan fingerprint density at radius 1 is 1.24 bits per heavy atom. The fourth-order valence-electron chi connectivity index (χ4n) is 3.56. The lowest BCUT2D eigenvalue weighted by molar-refractivity contribution is -0.141. The number of carbonyl (C=O) groups is 2. The third-order valence-corrected chi connectivity index (χ3v) is 6.50. The number of amides is 2. The highest BCUT2D eigenvalue weighted by Crippen LogP contribution is 2.45. The van der Waals surface area contributed by atoms with Crippen molar-refractivity contribution >= 4 is 23.8 Å². The molecule has 118 valence electrons. The first-order valence-corrected chi connectivity index (χ1v) is 9.06. The molecular weight excluding hydrogens is 288 g/mol. The molecule has 1 heterocycles. The smallest absolute Gasteiger partial charge is 0.327 e. The molecule has 5 nitrogen and oxygen atoms in total. The molecule has 21 heavy (non-hydrogen) atoms. The highest BCUT2D eigenvalue weighted by Gasteiger charge is 2.48. The lowest BCUT2D eigenvalue weighted by atomic mass is 10.00.